The lowest BCUT2D eigenvalue weighted by Gasteiger charge is -2.18. The molecule has 1 rings (SSSR count). The van der Waals surface area contributed by atoms with Gasteiger partial charge in [-0.25, -0.2) is 0 Å². The fraction of sp³-hybridized carbons (Fsp3) is 0.857. The molecule has 1 atom stereocenters. The van der Waals surface area contributed by atoms with Crippen LogP contribution >= 0.6 is 0 Å². The Hall–Kier alpha value is -0.300. The first kappa shape index (κ1) is 12.8. The Labute approximate surface area is 95.3 Å². The number of unbranched alkanes of at least 4 members (excludes halogenated alkanes) is 1. The van der Waals surface area contributed by atoms with Crippen molar-refractivity contribution < 1.29 is 0 Å². The van der Waals surface area contributed by atoms with Gasteiger partial charge < -0.3 is 5.32 Å². The summed E-state index contributed by atoms with van der Waals surface area (Å²) in [6.07, 6.45) is 12.7. The standard InChI is InChI=1S/C14H27N/c1-13(2)8-6-7-11-15-12-14-9-4-3-5-10-14/h3-4,13-15H,5-12H2,1-2H3. The third-order valence-corrected chi connectivity index (χ3v) is 3.20. The molecule has 15 heavy (non-hydrogen) atoms. The Balaban J connectivity index is 1.86. The number of nitrogens with one attached hydrogen (secondary N) is 1. The molecule has 0 saturated carbocycles. The van der Waals surface area contributed by atoms with E-state index in [9.17, 15) is 0 Å². The van der Waals surface area contributed by atoms with Crippen molar-refractivity contribution in [3.63, 3.8) is 0 Å². The largest absolute Gasteiger partial charge is 0.316 e. The molecule has 1 aliphatic rings. The van der Waals surface area contributed by atoms with E-state index in [0.29, 0.717) is 0 Å². The van der Waals surface area contributed by atoms with Gasteiger partial charge in [-0.15, -0.1) is 0 Å². The van der Waals surface area contributed by atoms with Crippen LogP contribution in [0.1, 0.15) is 52.4 Å². The van der Waals surface area contributed by atoms with Crippen molar-refractivity contribution in [2.24, 2.45) is 11.8 Å². The van der Waals surface area contributed by atoms with Gasteiger partial charge in [-0.1, -0.05) is 38.8 Å². The van der Waals surface area contributed by atoms with Crippen LogP contribution in [-0.4, -0.2) is 13.1 Å². The Bertz CT molecular complexity index is 172. The SMILES string of the molecule is CC(C)CCCCNCC1CC=CCC1. The van der Waals surface area contributed by atoms with E-state index in [4.69, 9.17) is 0 Å². The highest BCUT2D eigenvalue weighted by Crippen LogP contribution is 2.16. The van der Waals surface area contributed by atoms with Crippen LogP contribution in [0.2, 0.25) is 0 Å². The fourth-order valence-electron chi connectivity index (χ4n) is 2.15. The van der Waals surface area contributed by atoms with Gasteiger partial charge in [-0.3, -0.25) is 0 Å². The molecule has 1 aliphatic carbocycles. The van der Waals surface area contributed by atoms with Crippen LogP contribution in [0, 0.1) is 11.8 Å². The lowest BCUT2D eigenvalue weighted by Crippen LogP contribution is -2.24. The second-order valence-electron chi connectivity index (χ2n) is 5.24. The van der Waals surface area contributed by atoms with Crippen molar-refractivity contribution in [3.8, 4) is 0 Å². The van der Waals surface area contributed by atoms with Gasteiger partial charge in [0.25, 0.3) is 0 Å². The lowest BCUT2D eigenvalue weighted by atomic mass is 9.94. The zero-order valence-corrected chi connectivity index (χ0v) is 10.5. The van der Waals surface area contributed by atoms with Gasteiger partial charge in [0.15, 0.2) is 0 Å². The first-order valence-electron chi connectivity index (χ1n) is 6.64. The van der Waals surface area contributed by atoms with Crippen molar-refractivity contribution in [1.82, 2.24) is 5.32 Å². The first-order chi connectivity index (χ1) is 7.29. The summed E-state index contributed by atoms with van der Waals surface area (Å²) in [7, 11) is 0. The molecule has 88 valence electrons. The van der Waals surface area contributed by atoms with Crippen LogP contribution in [0.3, 0.4) is 0 Å². The highest BCUT2D eigenvalue weighted by Gasteiger charge is 2.08. The molecule has 1 heteroatoms. The molecule has 1 nitrogen and oxygen atoms in total. The molecule has 0 fully saturated rings. The predicted octanol–water partition coefficient (Wildman–Crippen LogP) is 3.76. The second-order valence-corrected chi connectivity index (χ2v) is 5.24. The van der Waals surface area contributed by atoms with E-state index < -0.39 is 0 Å². The minimum Gasteiger partial charge on any atom is -0.316 e. The maximum absolute atomic E-state index is 3.59. The summed E-state index contributed by atoms with van der Waals surface area (Å²) in [5.41, 5.74) is 0. The third kappa shape index (κ3) is 6.72. The zero-order chi connectivity index (χ0) is 10.9. The van der Waals surface area contributed by atoms with Gasteiger partial charge >= 0.3 is 0 Å². The Kier molecular flexibility index (Phi) is 6.74. The van der Waals surface area contributed by atoms with E-state index in [0.717, 1.165) is 11.8 Å². The molecule has 0 aromatic carbocycles. The molecule has 0 radical (unpaired) electrons. The molecular formula is C14H27N. The molecule has 0 saturated heterocycles. The van der Waals surface area contributed by atoms with Crippen molar-refractivity contribution in [1.29, 1.82) is 0 Å². The summed E-state index contributed by atoms with van der Waals surface area (Å²) >= 11 is 0. The molecule has 0 heterocycles. The quantitative estimate of drug-likeness (QED) is 0.497. The van der Waals surface area contributed by atoms with Crippen LogP contribution in [0.15, 0.2) is 12.2 Å². The van der Waals surface area contributed by atoms with E-state index in [1.165, 1.54) is 51.6 Å². The van der Waals surface area contributed by atoms with Gasteiger partial charge in [0, 0.05) is 0 Å². The number of hydrogen-bond acceptors (Lipinski definition) is 1. The normalized spacial score (nSPS) is 21.1. The Morgan fingerprint density at radius 1 is 1.27 bits per heavy atom. The Morgan fingerprint density at radius 3 is 2.80 bits per heavy atom. The summed E-state index contributed by atoms with van der Waals surface area (Å²) in [6.45, 7) is 7.06. The van der Waals surface area contributed by atoms with E-state index in [1.54, 1.807) is 0 Å². The zero-order valence-electron chi connectivity index (χ0n) is 10.5. The first-order valence-corrected chi connectivity index (χ1v) is 6.64. The number of rotatable bonds is 7. The molecule has 1 N–H and O–H groups in total. The summed E-state index contributed by atoms with van der Waals surface area (Å²) in [6, 6.07) is 0. The molecule has 0 spiro atoms. The molecule has 0 aromatic rings. The molecular weight excluding hydrogens is 182 g/mol. The van der Waals surface area contributed by atoms with Crippen LogP contribution in [0.4, 0.5) is 0 Å². The van der Waals surface area contributed by atoms with Crippen molar-refractivity contribution in [2.75, 3.05) is 13.1 Å². The molecule has 0 aliphatic heterocycles. The van der Waals surface area contributed by atoms with E-state index in [-0.39, 0.29) is 0 Å². The number of allylic oxidation sites excluding steroid dienone is 2. The molecule has 0 amide bonds. The van der Waals surface area contributed by atoms with Crippen molar-refractivity contribution in [3.05, 3.63) is 12.2 Å². The summed E-state index contributed by atoms with van der Waals surface area (Å²) in [4.78, 5) is 0. The summed E-state index contributed by atoms with van der Waals surface area (Å²) < 4.78 is 0. The molecule has 0 aromatic heterocycles. The monoisotopic (exact) mass is 209 g/mol. The van der Waals surface area contributed by atoms with E-state index in [2.05, 4.69) is 31.3 Å². The van der Waals surface area contributed by atoms with E-state index >= 15 is 0 Å². The maximum Gasteiger partial charge on any atom is -0.00174 e. The third-order valence-electron chi connectivity index (χ3n) is 3.20. The molecule has 0 bridgehead atoms. The topological polar surface area (TPSA) is 12.0 Å². The summed E-state index contributed by atoms with van der Waals surface area (Å²) in [5.74, 6) is 1.77. The van der Waals surface area contributed by atoms with Gasteiger partial charge in [0.1, 0.15) is 0 Å². The highest BCUT2D eigenvalue weighted by atomic mass is 14.8. The molecule has 1 unspecified atom stereocenters. The average molecular weight is 209 g/mol. The fourth-order valence-corrected chi connectivity index (χ4v) is 2.15. The van der Waals surface area contributed by atoms with Crippen molar-refractivity contribution in [2.45, 2.75) is 52.4 Å². The lowest BCUT2D eigenvalue weighted by molar-refractivity contribution is 0.432. The van der Waals surface area contributed by atoms with Gasteiger partial charge in [0.2, 0.25) is 0 Å². The van der Waals surface area contributed by atoms with Crippen LogP contribution in [-0.2, 0) is 0 Å². The van der Waals surface area contributed by atoms with Crippen LogP contribution in [0.5, 0.6) is 0 Å². The Morgan fingerprint density at radius 2 is 2.13 bits per heavy atom. The average Bonchev–Trinajstić information content (AvgIpc) is 2.24. The second kappa shape index (κ2) is 7.92. The van der Waals surface area contributed by atoms with E-state index in [1.807, 2.05) is 0 Å². The van der Waals surface area contributed by atoms with Crippen LogP contribution in [0.25, 0.3) is 0 Å². The smallest absolute Gasteiger partial charge is 0.00174 e. The maximum atomic E-state index is 3.59. The minimum atomic E-state index is 0.869. The van der Waals surface area contributed by atoms with Gasteiger partial charge in [-0.05, 0) is 50.6 Å². The number of hydrogen-bond donors (Lipinski definition) is 1. The predicted molar refractivity (Wildman–Crippen MR) is 68.0 cm³/mol. The highest BCUT2D eigenvalue weighted by molar-refractivity contribution is 4.90. The van der Waals surface area contributed by atoms with Gasteiger partial charge in [0.05, 0.1) is 0 Å². The minimum absolute atomic E-state index is 0.869. The summed E-state index contributed by atoms with van der Waals surface area (Å²) in [5, 5.41) is 3.59. The van der Waals surface area contributed by atoms with Crippen LogP contribution < -0.4 is 5.32 Å². The van der Waals surface area contributed by atoms with Crippen molar-refractivity contribution >= 4 is 0 Å². The van der Waals surface area contributed by atoms with Gasteiger partial charge in [-0.2, -0.15) is 0 Å².